The largest absolute Gasteiger partial charge is 0.355 e. The van der Waals surface area contributed by atoms with Crippen LogP contribution in [0.2, 0.25) is 0 Å². The van der Waals surface area contributed by atoms with Gasteiger partial charge in [-0.1, -0.05) is 13.8 Å². The van der Waals surface area contributed by atoms with E-state index >= 15 is 0 Å². The fraction of sp³-hybridized carbons (Fsp3) is 0.933. The van der Waals surface area contributed by atoms with Crippen LogP contribution in [-0.2, 0) is 10.0 Å². The molecule has 0 aromatic heterocycles. The maximum atomic E-state index is 12.3. The van der Waals surface area contributed by atoms with Crippen molar-refractivity contribution in [2.24, 2.45) is 10.4 Å². The van der Waals surface area contributed by atoms with Crippen molar-refractivity contribution in [3.63, 3.8) is 0 Å². The van der Waals surface area contributed by atoms with E-state index in [4.69, 9.17) is 0 Å². The van der Waals surface area contributed by atoms with Gasteiger partial charge < -0.3 is 10.2 Å². The first-order valence-electron chi connectivity index (χ1n) is 8.41. The van der Waals surface area contributed by atoms with E-state index in [2.05, 4.69) is 29.1 Å². The zero-order chi connectivity index (χ0) is 16.9. The summed E-state index contributed by atoms with van der Waals surface area (Å²) in [5.41, 5.74) is 0.342. The van der Waals surface area contributed by atoms with Crippen LogP contribution in [0.15, 0.2) is 4.99 Å². The molecule has 1 atom stereocenters. The maximum absolute atomic E-state index is 12.3. The molecule has 2 aliphatic heterocycles. The molecule has 24 heavy (non-hydrogen) atoms. The van der Waals surface area contributed by atoms with Gasteiger partial charge in [0.05, 0.1) is 5.75 Å². The summed E-state index contributed by atoms with van der Waals surface area (Å²) >= 11 is 1.82. The Labute approximate surface area is 168 Å². The summed E-state index contributed by atoms with van der Waals surface area (Å²) in [4.78, 5) is 6.57. The summed E-state index contributed by atoms with van der Waals surface area (Å²) in [5, 5.41) is 3.23. The van der Waals surface area contributed by atoms with E-state index in [-0.39, 0.29) is 29.7 Å². The SMILES string of the molecule is CCC1(C)CCN(C(=NC)NCCS(=O)(=O)N2CCSCC2)C1.I. The number of halogens is 1. The molecule has 0 aromatic carbocycles. The zero-order valence-electron chi connectivity index (χ0n) is 15.0. The second kappa shape index (κ2) is 9.82. The number of nitrogens with zero attached hydrogens (tertiary/aromatic N) is 3. The highest BCUT2D eigenvalue weighted by molar-refractivity contribution is 14.0. The summed E-state index contributed by atoms with van der Waals surface area (Å²) in [7, 11) is -1.39. The van der Waals surface area contributed by atoms with Crippen molar-refractivity contribution < 1.29 is 8.42 Å². The van der Waals surface area contributed by atoms with Crippen LogP contribution in [0.1, 0.15) is 26.7 Å². The number of thioether (sulfide) groups is 1. The molecule has 2 saturated heterocycles. The maximum Gasteiger partial charge on any atom is 0.215 e. The highest BCUT2D eigenvalue weighted by Gasteiger charge is 2.33. The van der Waals surface area contributed by atoms with Crippen LogP contribution in [0.3, 0.4) is 0 Å². The van der Waals surface area contributed by atoms with Crippen molar-refractivity contribution >= 4 is 51.7 Å². The van der Waals surface area contributed by atoms with E-state index in [9.17, 15) is 8.42 Å². The van der Waals surface area contributed by atoms with E-state index < -0.39 is 10.0 Å². The highest BCUT2D eigenvalue weighted by atomic mass is 127. The second-order valence-electron chi connectivity index (χ2n) is 6.64. The van der Waals surface area contributed by atoms with Crippen molar-refractivity contribution in [2.75, 3.05) is 57.0 Å². The van der Waals surface area contributed by atoms with E-state index in [0.29, 0.717) is 25.0 Å². The van der Waals surface area contributed by atoms with Gasteiger partial charge in [-0.05, 0) is 18.3 Å². The van der Waals surface area contributed by atoms with Crippen LogP contribution in [0.25, 0.3) is 0 Å². The second-order valence-corrected chi connectivity index (χ2v) is 9.95. The fourth-order valence-corrected chi connectivity index (χ4v) is 5.56. The van der Waals surface area contributed by atoms with Crippen LogP contribution in [0, 0.1) is 5.41 Å². The number of rotatable bonds is 5. The third kappa shape index (κ3) is 5.91. The molecule has 2 rings (SSSR count). The quantitative estimate of drug-likeness (QED) is 0.361. The normalized spacial score (nSPS) is 26.3. The minimum Gasteiger partial charge on any atom is -0.355 e. The number of aliphatic imine (C=N–C) groups is 1. The van der Waals surface area contributed by atoms with Gasteiger partial charge in [0.25, 0.3) is 0 Å². The standard InChI is InChI=1S/C15H30N4O2S2.HI/c1-4-15(2)5-7-18(13-15)14(16-3)17-6-12-23(20,21)19-8-10-22-11-9-19;/h4-13H2,1-3H3,(H,16,17);1H. The first kappa shape index (κ1) is 22.3. The molecular formula is C15H31IN4O2S2. The number of guanidine groups is 1. The molecule has 1 unspecified atom stereocenters. The number of hydrogen-bond acceptors (Lipinski definition) is 4. The predicted molar refractivity (Wildman–Crippen MR) is 114 cm³/mol. The summed E-state index contributed by atoms with van der Waals surface area (Å²) in [6.45, 7) is 8.20. The molecular weight excluding hydrogens is 459 g/mol. The summed E-state index contributed by atoms with van der Waals surface area (Å²) < 4.78 is 26.3. The molecule has 0 bridgehead atoms. The molecule has 0 spiro atoms. The molecule has 0 saturated carbocycles. The lowest BCUT2D eigenvalue weighted by Crippen LogP contribution is -2.45. The van der Waals surface area contributed by atoms with E-state index in [1.165, 1.54) is 0 Å². The van der Waals surface area contributed by atoms with Crippen LogP contribution in [0.4, 0.5) is 0 Å². The molecule has 0 aliphatic carbocycles. The number of sulfonamides is 1. The third-order valence-corrected chi connectivity index (χ3v) is 7.74. The summed E-state index contributed by atoms with van der Waals surface area (Å²) in [5.74, 6) is 2.76. The van der Waals surface area contributed by atoms with Crippen LogP contribution >= 0.6 is 35.7 Å². The number of likely N-dealkylation sites (tertiary alicyclic amines) is 1. The monoisotopic (exact) mass is 490 g/mol. The average molecular weight is 490 g/mol. The predicted octanol–water partition coefficient (Wildman–Crippen LogP) is 1.68. The number of hydrogen-bond donors (Lipinski definition) is 1. The summed E-state index contributed by atoms with van der Waals surface area (Å²) in [6, 6.07) is 0. The van der Waals surface area contributed by atoms with Crippen molar-refractivity contribution in [3.8, 4) is 0 Å². The molecule has 2 fully saturated rings. The molecule has 2 heterocycles. The minimum absolute atomic E-state index is 0. The molecule has 6 nitrogen and oxygen atoms in total. The molecule has 2 aliphatic rings. The Morgan fingerprint density at radius 3 is 2.50 bits per heavy atom. The van der Waals surface area contributed by atoms with Gasteiger partial charge in [0.2, 0.25) is 10.0 Å². The lowest BCUT2D eigenvalue weighted by atomic mass is 9.87. The molecule has 0 amide bonds. The van der Waals surface area contributed by atoms with Crippen LogP contribution in [0.5, 0.6) is 0 Å². The minimum atomic E-state index is -3.15. The molecule has 0 aromatic rings. The molecule has 0 radical (unpaired) electrons. The Morgan fingerprint density at radius 2 is 1.96 bits per heavy atom. The smallest absolute Gasteiger partial charge is 0.215 e. The first-order valence-corrected chi connectivity index (χ1v) is 11.2. The van der Waals surface area contributed by atoms with E-state index in [0.717, 1.165) is 43.4 Å². The van der Waals surface area contributed by atoms with Gasteiger partial charge in [0.15, 0.2) is 5.96 Å². The zero-order valence-corrected chi connectivity index (χ0v) is 18.9. The molecule has 9 heteroatoms. The van der Waals surface area contributed by atoms with Gasteiger partial charge in [-0.2, -0.15) is 11.8 Å². The summed E-state index contributed by atoms with van der Waals surface area (Å²) in [6.07, 6.45) is 2.32. The van der Waals surface area contributed by atoms with Crippen molar-refractivity contribution in [1.82, 2.24) is 14.5 Å². The van der Waals surface area contributed by atoms with Crippen LogP contribution in [-0.4, -0.2) is 80.6 Å². The lowest BCUT2D eigenvalue weighted by Gasteiger charge is -2.27. The van der Waals surface area contributed by atoms with Gasteiger partial charge in [-0.3, -0.25) is 4.99 Å². The van der Waals surface area contributed by atoms with Gasteiger partial charge in [-0.25, -0.2) is 12.7 Å². The number of nitrogens with one attached hydrogen (secondary N) is 1. The van der Waals surface area contributed by atoms with E-state index in [1.54, 1.807) is 11.4 Å². The third-order valence-electron chi connectivity index (χ3n) is 4.93. The first-order chi connectivity index (χ1) is 10.9. The Bertz CT molecular complexity index is 524. The highest BCUT2D eigenvalue weighted by Crippen LogP contribution is 2.32. The van der Waals surface area contributed by atoms with Gasteiger partial charge in [0.1, 0.15) is 0 Å². The van der Waals surface area contributed by atoms with Gasteiger partial charge in [-0.15, -0.1) is 24.0 Å². The fourth-order valence-electron chi connectivity index (χ4n) is 3.07. The van der Waals surface area contributed by atoms with Crippen molar-refractivity contribution in [1.29, 1.82) is 0 Å². The van der Waals surface area contributed by atoms with Crippen LogP contribution < -0.4 is 5.32 Å². The molecule has 1 N–H and O–H groups in total. The van der Waals surface area contributed by atoms with Gasteiger partial charge in [0, 0.05) is 51.3 Å². The van der Waals surface area contributed by atoms with Gasteiger partial charge >= 0.3 is 0 Å². The van der Waals surface area contributed by atoms with E-state index in [1.807, 2.05) is 11.8 Å². The Morgan fingerprint density at radius 1 is 1.29 bits per heavy atom. The Hall–Kier alpha value is 0.260. The topological polar surface area (TPSA) is 65.0 Å². The molecule has 142 valence electrons. The Balaban J connectivity index is 0.00000288. The average Bonchev–Trinajstić information content (AvgIpc) is 2.95. The van der Waals surface area contributed by atoms with Crippen molar-refractivity contribution in [2.45, 2.75) is 26.7 Å². The lowest BCUT2D eigenvalue weighted by molar-refractivity contribution is 0.322. The van der Waals surface area contributed by atoms with Crippen molar-refractivity contribution in [3.05, 3.63) is 0 Å². The Kier molecular flexibility index (Phi) is 9.12.